The second-order valence-electron chi connectivity index (χ2n) is 6.96. The molecule has 0 bridgehead atoms. The van der Waals surface area contributed by atoms with Crippen molar-refractivity contribution in [2.24, 2.45) is 0 Å². The summed E-state index contributed by atoms with van der Waals surface area (Å²) in [6.07, 6.45) is 12.2. The standard InChI is InChI=1S/C20H36O6.2K/c21-10-11-22-13-16-25-19-8-4-5-9-20(19)26-17-14-23-12-15-24-18-6-2-1-3-7-18;;/h6,18-20H,1-5,7-17H2;;/q-2;2*+1. The smallest absolute Gasteiger partial charge is 0.853 e. The van der Waals surface area contributed by atoms with Gasteiger partial charge in [0, 0.05) is 6.61 Å². The molecule has 3 atom stereocenters. The summed E-state index contributed by atoms with van der Waals surface area (Å²) in [5.41, 5.74) is 0. The predicted octanol–water partition coefficient (Wildman–Crippen LogP) is -4.10. The van der Waals surface area contributed by atoms with Crippen molar-refractivity contribution in [1.82, 2.24) is 0 Å². The van der Waals surface area contributed by atoms with Crippen LogP contribution in [0.2, 0.25) is 0 Å². The van der Waals surface area contributed by atoms with Gasteiger partial charge in [0.05, 0.1) is 51.8 Å². The average Bonchev–Trinajstić information content (AvgIpc) is 2.69. The molecule has 154 valence electrons. The third kappa shape index (κ3) is 15.0. The number of hydrogen-bond donors (Lipinski definition) is 0. The quantitative estimate of drug-likeness (QED) is 0.152. The van der Waals surface area contributed by atoms with Crippen LogP contribution in [-0.2, 0) is 23.7 Å². The van der Waals surface area contributed by atoms with Crippen LogP contribution < -0.4 is 108 Å². The van der Waals surface area contributed by atoms with E-state index in [4.69, 9.17) is 23.7 Å². The summed E-state index contributed by atoms with van der Waals surface area (Å²) in [6.45, 7) is 3.52. The first kappa shape index (κ1) is 31.0. The molecule has 2 aliphatic rings. The van der Waals surface area contributed by atoms with Crippen LogP contribution in [0.5, 0.6) is 0 Å². The Morgan fingerprint density at radius 3 is 1.71 bits per heavy atom. The van der Waals surface area contributed by atoms with Gasteiger partial charge in [-0.25, -0.2) is 0 Å². The Balaban J connectivity index is 0.00000364. The maximum absolute atomic E-state index is 10.3. The van der Waals surface area contributed by atoms with Crippen LogP contribution in [0.3, 0.4) is 0 Å². The van der Waals surface area contributed by atoms with Crippen molar-refractivity contribution in [1.29, 1.82) is 0 Å². The number of ether oxygens (including phenoxy) is 5. The molecule has 2 rings (SSSR count). The van der Waals surface area contributed by atoms with Crippen molar-refractivity contribution in [3.8, 4) is 0 Å². The fourth-order valence-electron chi connectivity index (χ4n) is 3.55. The minimum absolute atomic E-state index is 0. The monoisotopic (exact) mass is 450 g/mol. The van der Waals surface area contributed by atoms with E-state index in [1.54, 1.807) is 0 Å². The molecular weight excluding hydrogens is 414 g/mol. The van der Waals surface area contributed by atoms with Crippen LogP contribution in [0.25, 0.3) is 0 Å². The van der Waals surface area contributed by atoms with Crippen LogP contribution in [0.15, 0.2) is 0 Å². The van der Waals surface area contributed by atoms with Gasteiger partial charge in [-0.05, 0) is 12.8 Å². The molecule has 2 saturated carbocycles. The molecular formula is C20H36K2O6. The van der Waals surface area contributed by atoms with Gasteiger partial charge in [-0.1, -0.05) is 38.2 Å². The molecule has 2 aliphatic carbocycles. The molecule has 6 nitrogen and oxygen atoms in total. The topological polar surface area (TPSA) is 69.2 Å². The summed E-state index contributed by atoms with van der Waals surface area (Å²) in [6, 6.07) is 0. The van der Waals surface area contributed by atoms with Crippen LogP contribution in [-0.4, -0.2) is 71.2 Å². The molecule has 3 unspecified atom stereocenters. The minimum Gasteiger partial charge on any atom is -0.853 e. The Morgan fingerprint density at radius 1 is 0.643 bits per heavy atom. The molecule has 0 N–H and O–H groups in total. The Hall–Kier alpha value is 3.03. The zero-order valence-electron chi connectivity index (χ0n) is 18.1. The Morgan fingerprint density at radius 2 is 1.18 bits per heavy atom. The van der Waals surface area contributed by atoms with Gasteiger partial charge >= 0.3 is 103 Å². The van der Waals surface area contributed by atoms with Gasteiger partial charge < -0.3 is 35.2 Å². The third-order valence-electron chi connectivity index (χ3n) is 4.92. The fourth-order valence-corrected chi connectivity index (χ4v) is 3.55. The van der Waals surface area contributed by atoms with E-state index >= 15 is 0 Å². The first-order valence-corrected chi connectivity index (χ1v) is 10.3. The van der Waals surface area contributed by atoms with Gasteiger partial charge in [0.2, 0.25) is 0 Å². The molecule has 0 aromatic heterocycles. The largest absolute Gasteiger partial charge is 1.00 e. The third-order valence-corrected chi connectivity index (χ3v) is 4.92. The Bertz CT molecular complexity index is 332. The van der Waals surface area contributed by atoms with E-state index in [1.807, 2.05) is 0 Å². The van der Waals surface area contributed by atoms with E-state index in [1.165, 1.54) is 32.1 Å². The normalized spacial score (nSPS) is 25.0. The zero-order chi connectivity index (χ0) is 18.3. The summed E-state index contributed by atoms with van der Waals surface area (Å²) >= 11 is 0. The predicted molar refractivity (Wildman–Crippen MR) is 97.0 cm³/mol. The van der Waals surface area contributed by atoms with Crippen molar-refractivity contribution >= 4 is 0 Å². The Labute approximate surface area is 256 Å². The molecule has 0 amide bonds. The van der Waals surface area contributed by atoms with E-state index < -0.39 is 0 Å². The summed E-state index contributed by atoms with van der Waals surface area (Å²) in [4.78, 5) is 0. The van der Waals surface area contributed by atoms with Gasteiger partial charge in [0.15, 0.2) is 0 Å². The van der Waals surface area contributed by atoms with E-state index in [-0.39, 0.29) is 128 Å². The molecule has 0 aliphatic heterocycles. The van der Waals surface area contributed by atoms with Gasteiger partial charge in [0.25, 0.3) is 0 Å². The van der Waals surface area contributed by atoms with Crippen LogP contribution in [0, 0.1) is 6.42 Å². The summed E-state index contributed by atoms with van der Waals surface area (Å²) in [5, 5.41) is 10.3. The van der Waals surface area contributed by atoms with Crippen molar-refractivity contribution in [3.05, 3.63) is 6.42 Å². The molecule has 8 heteroatoms. The fraction of sp³-hybridized carbons (Fsp3) is 0.950. The molecule has 0 saturated heterocycles. The molecule has 28 heavy (non-hydrogen) atoms. The SMILES string of the molecule is [K+].[K+].[O-]CCOCCOC1CCCCC1OCCOCCOC1[CH-]CCCC1. The van der Waals surface area contributed by atoms with Crippen LogP contribution in [0.4, 0.5) is 0 Å². The second kappa shape index (κ2) is 21.9. The van der Waals surface area contributed by atoms with E-state index in [9.17, 15) is 5.11 Å². The Kier molecular flexibility index (Phi) is 24.2. The van der Waals surface area contributed by atoms with E-state index in [0.29, 0.717) is 45.7 Å². The maximum atomic E-state index is 10.3. The van der Waals surface area contributed by atoms with Gasteiger partial charge in [-0.3, -0.25) is 0 Å². The van der Waals surface area contributed by atoms with Crippen molar-refractivity contribution in [2.45, 2.75) is 69.7 Å². The summed E-state index contributed by atoms with van der Waals surface area (Å²) < 4.78 is 28.5. The molecule has 2 fully saturated rings. The van der Waals surface area contributed by atoms with Crippen molar-refractivity contribution in [2.75, 3.05) is 52.9 Å². The summed E-state index contributed by atoms with van der Waals surface area (Å²) in [5.74, 6) is 0. The summed E-state index contributed by atoms with van der Waals surface area (Å²) in [7, 11) is 0. The van der Waals surface area contributed by atoms with Gasteiger partial charge in [0.1, 0.15) is 0 Å². The second-order valence-corrected chi connectivity index (χ2v) is 6.96. The van der Waals surface area contributed by atoms with Gasteiger partial charge in [-0.15, -0.1) is 6.61 Å². The van der Waals surface area contributed by atoms with E-state index in [0.717, 1.165) is 19.3 Å². The number of hydrogen-bond acceptors (Lipinski definition) is 6. The molecule has 0 aromatic rings. The van der Waals surface area contributed by atoms with Gasteiger partial charge in [-0.2, -0.15) is 6.42 Å². The average molecular weight is 451 g/mol. The zero-order valence-corrected chi connectivity index (χ0v) is 24.3. The van der Waals surface area contributed by atoms with Crippen LogP contribution >= 0.6 is 0 Å². The number of rotatable bonds is 14. The molecule has 0 aromatic carbocycles. The van der Waals surface area contributed by atoms with Crippen molar-refractivity contribution < 1.29 is 132 Å². The minimum atomic E-state index is -0.195. The first-order chi connectivity index (χ1) is 12.9. The van der Waals surface area contributed by atoms with Crippen molar-refractivity contribution in [3.63, 3.8) is 0 Å². The molecule has 0 heterocycles. The first-order valence-electron chi connectivity index (χ1n) is 10.3. The molecule has 0 radical (unpaired) electrons. The maximum Gasteiger partial charge on any atom is 1.00 e. The van der Waals surface area contributed by atoms with E-state index in [2.05, 4.69) is 6.42 Å². The van der Waals surface area contributed by atoms with Crippen LogP contribution in [0.1, 0.15) is 51.4 Å². The molecule has 0 spiro atoms.